The van der Waals surface area contributed by atoms with Crippen molar-refractivity contribution in [1.82, 2.24) is 10.6 Å². The van der Waals surface area contributed by atoms with Crippen LogP contribution in [0, 0.1) is 10.5 Å². The monoisotopic (exact) mass is 410 g/mol. The summed E-state index contributed by atoms with van der Waals surface area (Å²) in [6.45, 7) is 2.63. The van der Waals surface area contributed by atoms with Crippen molar-refractivity contribution in [1.29, 1.82) is 0 Å². The highest BCUT2D eigenvalue weighted by atomic mass is 127. The van der Waals surface area contributed by atoms with Gasteiger partial charge in [-0.15, -0.1) is 0 Å². The van der Waals surface area contributed by atoms with Gasteiger partial charge in [-0.1, -0.05) is 42.0 Å². The molecule has 1 amide bonds. The molecule has 2 rings (SSSR count). The molecule has 0 aromatic heterocycles. The maximum atomic E-state index is 12.1. The summed E-state index contributed by atoms with van der Waals surface area (Å²) >= 11 is 7.28. The molecule has 0 heterocycles. The van der Waals surface area contributed by atoms with Crippen molar-refractivity contribution >= 4 is 45.8 Å². The van der Waals surface area contributed by atoms with Crippen LogP contribution in [0.15, 0.2) is 48.5 Å². The van der Waals surface area contributed by atoms with Crippen molar-refractivity contribution in [3.63, 3.8) is 0 Å². The summed E-state index contributed by atoms with van der Waals surface area (Å²) in [5.41, 5.74) is 2.96. The lowest BCUT2D eigenvalue weighted by Crippen LogP contribution is -2.39. The first-order valence-corrected chi connectivity index (χ1v) is 7.94. The van der Waals surface area contributed by atoms with Gasteiger partial charge in [0.05, 0.1) is 5.56 Å². The summed E-state index contributed by atoms with van der Waals surface area (Å²) in [6.07, 6.45) is 0. The van der Waals surface area contributed by atoms with Crippen LogP contribution < -0.4 is 10.6 Å². The average Bonchev–Trinajstić information content (AvgIpc) is 2.47. The quantitative estimate of drug-likeness (QED) is 0.602. The minimum Gasteiger partial charge on any atom is -0.358 e. The van der Waals surface area contributed by atoms with Crippen molar-refractivity contribution in [3.8, 4) is 0 Å². The number of carbonyl (C=O) groups excluding carboxylic acids is 1. The summed E-state index contributed by atoms with van der Waals surface area (Å²) < 4.78 is 0.897. The third-order valence-electron chi connectivity index (χ3n) is 2.92. The van der Waals surface area contributed by atoms with Crippen LogP contribution in [0.25, 0.3) is 0 Å². The van der Waals surface area contributed by atoms with Crippen molar-refractivity contribution in [2.75, 3.05) is 0 Å². The van der Waals surface area contributed by atoms with Crippen LogP contribution in [-0.4, -0.2) is 11.0 Å². The summed E-state index contributed by atoms with van der Waals surface area (Å²) in [5, 5.41) is 6.06. The maximum absolute atomic E-state index is 12.1. The second-order valence-corrected chi connectivity index (χ2v) is 6.17. The van der Waals surface area contributed by atoms with Crippen molar-refractivity contribution in [2.24, 2.45) is 0 Å². The maximum Gasteiger partial charge on any atom is 0.258 e. The Balaban J connectivity index is 1.89. The SMILES string of the molecule is Cc1ccc(CNC(=S)NC(=O)c2ccccc2I)cc1. The van der Waals surface area contributed by atoms with Gasteiger partial charge in [0.15, 0.2) is 5.11 Å². The Hall–Kier alpha value is -1.47. The van der Waals surface area contributed by atoms with E-state index >= 15 is 0 Å². The molecule has 0 aliphatic rings. The summed E-state index contributed by atoms with van der Waals surface area (Å²) in [5.74, 6) is -0.193. The first kappa shape index (κ1) is 15.9. The zero-order valence-electron chi connectivity index (χ0n) is 11.5. The van der Waals surface area contributed by atoms with Crippen LogP contribution in [0.1, 0.15) is 21.5 Å². The highest BCUT2D eigenvalue weighted by molar-refractivity contribution is 14.1. The topological polar surface area (TPSA) is 41.1 Å². The predicted octanol–water partition coefficient (Wildman–Crippen LogP) is 3.40. The molecule has 0 fully saturated rings. The van der Waals surface area contributed by atoms with E-state index in [2.05, 4.69) is 33.2 Å². The number of rotatable bonds is 3. The molecule has 0 radical (unpaired) electrons. The van der Waals surface area contributed by atoms with Gasteiger partial charge in [-0.2, -0.15) is 0 Å². The smallest absolute Gasteiger partial charge is 0.258 e. The molecule has 2 aromatic carbocycles. The van der Waals surface area contributed by atoms with Crippen molar-refractivity contribution in [2.45, 2.75) is 13.5 Å². The van der Waals surface area contributed by atoms with E-state index in [1.54, 1.807) is 6.07 Å². The molecule has 0 atom stereocenters. The minimum absolute atomic E-state index is 0.193. The Kier molecular flexibility index (Phi) is 5.69. The summed E-state index contributed by atoms with van der Waals surface area (Å²) in [6, 6.07) is 15.6. The first-order valence-electron chi connectivity index (χ1n) is 6.45. The molecule has 108 valence electrons. The first-order chi connectivity index (χ1) is 10.1. The van der Waals surface area contributed by atoms with E-state index in [4.69, 9.17) is 12.2 Å². The molecule has 0 unspecified atom stereocenters. The minimum atomic E-state index is -0.193. The molecule has 2 aromatic rings. The molecule has 3 nitrogen and oxygen atoms in total. The van der Waals surface area contributed by atoms with Crippen molar-refractivity contribution in [3.05, 3.63) is 68.8 Å². The second kappa shape index (κ2) is 7.51. The van der Waals surface area contributed by atoms with Gasteiger partial charge in [-0.25, -0.2) is 0 Å². The van der Waals surface area contributed by atoms with Gasteiger partial charge in [-0.3, -0.25) is 10.1 Å². The van der Waals surface area contributed by atoms with E-state index in [9.17, 15) is 4.79 Å². The number of hydrogen-bond acceptors (Lipinski definition) is 2. The Morgan fingerprint density at radius 1 is 1.14 bits per heavy atom. The fourth-order valence-electron chi connectivity index (χ4n) is 1.75. The summed E-state index contributed by atoms with van der Waals surface area (Å²) in [4.78, 5) is 12.1. The van der Waals surface area contributed by atoms with Crippen molar-refractivity contribution < 1.29 is 4.79 Å². The van der Waals surface area contributed by atoms with Gasteiger partial charge >= 0.3 is 0 Å². The molecule has 5 heteroatoms. The van der Waals surface area contributed by atoms with Gasteiger partial charge in [0.1, 0.15) is 0 Å². The number of halogens is 1. The predicted molar refractivity (Wildman–Crippen MR) is 97.2 cm³/mol. The number of hydrogen-bond donors (Lipinski definition) is 2. The number of benzene rings is 2. The molecular weight excluding hydrogens is 395 g/mol. The number of carbonyl (C=O) groups is 1. The third kappa shape index (κ3) is 4.78. The fourth-order valence-corrected chi connectivity index (χ4v) is 2.55. The molecule has 0 bridgehead atoms. The Bertz CT molecular complexity index is 656. The largest absolute Gasteiger partial charge is 0.358 e. The van der Waals surface area contributed by atoms with Crippen LogP contribution in [-0.2, 0) is 6.54 Å². The second-order valence-electron chi connectivity index (χ2n) is 4.60. The number of aryl methyl sites for hydroxylation is 1. The van der Waals surface area contributed by atoms with E-state index in [0.717, 1.165) is 9.13 Å². The van der Waals surface area contributed by atoms with Crippen LogP contribution in [0.2, 0.25) is 0 Å². The Morgan fingerprint density at radius 2 is 1.81 bits per heavy atom. The fraction of sp³-hybridized carbons (Fsp3) is 0.125. The van der Waals surface area contributed by atoms with Crippen LogP contribution in [0.4, 0.5) is 0 Å². The summed E-state index contributed by atoms with van der Waals surface area (Å²) in [7, 11) is 0. The zero-order valence-corrected chi connectivity index (χ0v) is 14.5. The van der Waals surface area contributed by atoms with Gasteiger partial charge in [0.2, 0.25) is 0 Å². The van der Waals surface area contributed by atoms with Gasteiger partial charge in [0, 0.05) is 10.1 Å². The van der Waals surface area contributed by atoms with E-state index in [-0.39, 0.29) is 5.91 Å². The highest BCUT2D eigenvalue weighted by Gasteiger charge is 2.10. The highest BCUT2D eigenvalue weighted by Crippen LogP contribution is 2.11. The van der Waals surface area contributed by atoms with Crippen LogP contribution in [0.5, 0.6) is 0 Å². The lowest BCUT2D eigenvalue weighted by molar-refractivity contribution is 0.0976. The number of thiocarbonyl (C=S) groups is 1. The van der Waals surface area contributed by atoms with Gasteiger partial charge in [-0.05, 0) is 59.4 Å². The molecular formula is C16H15IN2OS. The van der Waals surface area contributed by atoms with E-state index in [1.165, 1.54) is 5.56 Å². The lowest BCUT2D eigenvalue weighted by Gasteiger charge is -2.10. The van der Waals surface area contributed by atoms with E-state index in [1.807, 2.05) is 49.4 Å². The molecule has 21 heavy (non-hydrogen) atoms. The molecule has 0 aliphatic carbocycles. The third-order valence-corrected chi connectivity index (χ3v) is 4.11. The molecule has 2 N–H and O–H groups in total. The number of nitrogens with one attached hydrogen (secondary N) is 2. The normalized spacial score (nSPS) is 10.0. The van der Waals surface area contributed by atoms with E-state index < -0.39 is 0 Å². The Labute approximate surface area is 143 Å². The molecule has 0 saturated heterocycles. The van der Waals surface area contributed by atoms with Crippen LogP contribution in [0.3, 0.4) is 0 Å². The Morgan fingerprint density at radius 3 is 2.48 bits per heavy atom. The average molecular weight is 410 g/mol. The van der Waals surface area contributed by atoms with Gasteiger partial charge < -0.3 is 5.32 Å². The van der Waals surface area contributed by atoms with Gasteiger partial charge in [0.25, 0.3) is 5.91 Å². The number of amides is 1. The standard InChI is InChI=1S/C16H15IN2OS/c1-11-6-8-12(9-7-11)10-18-16(21)19-15(20)13-4-2-3-5-14(13)17/h2-9H,10H2,1H3,(H2,18,19,20,21). The molecule has 0 aliphatic heterocycles. The van der Waals surface area contributed by atoms with E-state index in [0.29, 0.717) is 17.2 Å². The molecule has 0 saturated carbocycles. The van der Waals surface area contributed by atoms with Crippen LogP contribution >= 0.6 is 34.8 Å². The lowest BCUT2D eigenvalue weighted by atomic mass is 10.1. The zero-order chi connectivity index (χ0) is 15.2. The molecule has 0 spiro atoms.